The minimum atomic E-state index is -0.461. The lowest BCUT2D eigenvalue weighted by atomic mass is 10.2. The lowest BCUT2D eigenvalue weighted by Crippen LogP contribution is -2.47. The van der Waals surface area contributed by atoms with Crippen LogP contribution in [0, 0.1) is 11.3 Å². The molecule has 0 aromatic carbocycles. The lowest BCUT2D eigenvalue weighted by molar-refractivity contribution is 0.100. The van der Waals surface area contributed by atoms with Crippen LogP contribution in [0.5, 0.6) is 0 Å². The summed E-state index contributed by atoms with van der Waals surface area (Å²) in [6.07, 6.45) is 1.66. The van der Waals surface area contributed by atoms with Crippen molar-refractivity contribution in [3.8, 4) is 6.07 Å². The van der Waals surface area contributed by atoms with E-state index < -0.39 is 5.91 Å². The molecule has 2 rings (SSSR count). The zero-order chi connectivity index (χ0) is 13.0. The van der Waals surface area contributed by atoms with E-state index in [9.17, 15) is 4.79 Å². The van der Waals surface area contributed by atoms with Gasteiger partial charge in [-0.15, -0.1) is 0 Å². The number of nitrogens with two attached hydrogens (primary N) is 1. The zero-order valence-electron chi connectivity index (χ0n) is 10.0. The second-order valence-corrected chi connectivity index (χ2v) is 4.16. The number of aromatic nitrogens is 1. The molecular formula is C12H15N5O. The first-order valence-electron chi connectivity index (χ1n) is 5.81. The molecule has 0 spiro atoms. The Kier molecular flexibility index (Phi) is 3.75. The van der Waals surface area contributed by atoms with Crippen molar-refractivity contribution >= 4 is 11.7 Å². The van der Waals surface area contributed by atoms with Crippen molar-refractivity contribution in [2.75, 3.05) is 37.6 Å². The van der Waals surface area contributed by atoms with Gasteiger partial charge in [-0.2, -0.15) is 5.26 Å². The number of pyridine rings is 1. The smallest absolute Gasteiger partial charge is 0.252 e. The van der Waals surface area contributed by atoms with Gasteiger partial charge >= 0.3 is 0 Å². The monoisotopic (exact) mass is 245 g/mol. The fourth-order valence-corrected chi connectivity index (χ4v) is 2.06. The van der Waals surface area contributed by atoms with Gasteiger partial charge in [0.25, 0.3) is 5.91 Å². The molecule has 1 aromatic heterocycles. The molecule has 1 aromatic rings. The number of hydrogen-bond acceptors (Lipinski definition) is 5. The molecule has 1 amide bonds. The van der Waals surface area contributed by atoms with E-state index in [4.69, 9.17) is 11.0 Å². The van der Waals surface area contributed by atoms with Gasteiger partial charge in [-0.1, -0.05) is 0 Å². The molecule has 0 atom stereocenters. The molecule has 6 nitrogen and oxygen atoms in total. The molecule has 94 valence electrons. The first-order valence-corrected chi connectivity index (χ1v) is 5.81. The molecular weight excluding hydrogens is 230 g/mol. The van der Waals surface area contributed by atoms with Crippen molar-refractivity contribution in [2.24, 2.45) is 5.73 Å². The van der Waals surface area contributed by atoms with Gasteiger partial charge in [0.05, 0.1) is 18.2 Å². The van der Waals surface area contributed by atoms with E-state index in [0.29, 0.717) is 17.9 Å². The summed E-state index contributed by atoms with van der Waals surface area (Å²) in [5.74, 6) is 0.180. The highest BCUT2D eigenvalue weighted by Crippen LogP contribution is 2.18. The summed E-state index contributed by atoms with van der Waals surface area (Å²) in [6.45, 7) is 3.53. The van der Waals surface area contributed by atoms with Crippen molar-refractivity contribution in [3.63, 3.8) is 0 Å². The number of carbonyl (C=O) groups excluding carboxylic acids is 1. The molecule has 18 heavy (non-hydrogen) atoms. The first-order chi connectivity index (χ1) is 8.72. The van der Waals surface area contributed by atoms with Gasteiger partial charge in [-0.05, 0) is 12.1 Å². The third-order valence-corrected chi connectivity index (χ3v) is 3.02. The average Bonchev–Trinajstić information content (AvgIpc) is 2.40. The van der Waals surface area contributed by atoms with Crippen LogP contribution in [-0.4, -0.2) is 48.5 Å². The fourth-order valence-electron chi connectivity index (χ4n) is 2.06. The number of nitriles is 1. The summed E-state index contributed by atoms with van der Waals surface area (Å²) < 4.78 is 0. The van der Waals surface area contributed by atoms with Crippen LogP contribution in [0.1, 0.15) is 10.4 Å². The number of amides is 1. The van der Waals surface area contributed by atoms with Crippen LogP contribution in [0.4, 0.5) is 5.82 Å². The normalized spacial score (nSPS) is 16.3. The molecule has 0 radical (unpaired) electrons. The third kappa shape index (κ3) is 2.57. The van der Waals surface area contributed by atoms with Gasteiger partial charge in [-0.3, -0.25) is 9.69 Å². The lowest BCUT2D eigenvalue weighted by Gasteiger charge is -2.34. The zero-order valence-corrected chi connectivity index (χ0v) is 10.0. The average molecular weight is 245 g/mol. The Hall–Kier alpha value is -2.13. The van der Waals surface area contributed by atoms with Crippen LogP contribution >= 0.6 is 0 Å². The highest BCUT2D eigenvalue weighted by molar-refractivity contribution is 5.97. The predicted octanol–water partition coefficient (Wildman–Crippen LogP) is -0.174. The highest BCUT2D eigenvalue weighted by Gasteiger charge is 2.21. The van der Waals surface area contributed by atoms with Crippen molar-refractivity contribution in [3.05, 3.63) is 23.9 Å². The molecule has 0 bridgehead atoms. The van der Waals surface area contributed by atoms with Crippen LogP contribution in [0.25, 0.3) is 0 Å². The number of carbonyl (C=O) groups is 1. The van der Waals surface area contributed by atoms with Crippen molar-refractivity contribution in [1.82, 2.24) is 9.88 Å². The predicted molar refractivity (Wildman–Crippen MR) is 67.0 cm³/mol. The van der Waals surface area contributed by atoms with Crippen molar-refractivity contribution in [1.29, 1.82) is 5.26 Å². The summed E-state index contributed by atoms with van der Waals surface area (Å²) >= 11 is 0. The van der Waals surface area contributed by atoms with Crippen LogP contribution < -0.4 is 10.6 Å². The van der Waals surface area contributed by atoms with Crippen LogP contribution in [0.15, 0.2) is 18.3 Å². The molecule has 2 N–H and O–H groups in total. The standard InChI is InChI=1S/C12H15N5O/c13-3-5-16-6-8-17(9-7-16)12-10(11(14)18)2-1-4-15-12/h1-2,4H,5-9H2,(H2,14,18). The molecule has 1 aliphatic rings. The number of rotatable bonds is 3. The molecule has 2 heterocycles. The van der Waals surface area contributed by atoms with Crippen LogP contribution in [-0.2, 0) is 0 Å². The Morgan fingerprint density at radius 1 is 1.44 bits per heavy atom. The quantitative estimate of drug-likeness (QED) is 0.747. The minimum Gasteiger partial charge on any atom is -0.365 e. The van der Waals surface area contributed by atoms with Gasteiger partial charge in [0.1, 0.15) is 5.82 Å². The Balaban J connectivity index is 2.10. The van der Waals surface area contributed by atoms with E-state index in [1.54, 1.807) is 18.3 Å². The molecule has 1 aliphatic heterocycles. The van der Waals surface area contributed by atoms with E-state index in [1.165, 1.54) is 0 Å². The molecule has 1 fully saturated rings. The van der Waals surface area contributed by atoms with E-state index in [2.05, 4.69) is 16.0 Å². The minimum absolute atomic E-state index is 0.443. The SMILES string of the molecule is N#CCN1CCN(c2ncccc2C(N)=O)CC1. The summed E-state index contributed by atoms with van der Waals surface area (Å²) in [5.41, 5.74) is 5.79. The van der Waals surface area contributed by atoms with E-state index >= 15 is 0 Å². The van der Waals surface area contributed by atoms with Gasteiger partial charge in [0.15, 0.2) is 0 Å². The Labute approximate surface area is 106 Å². The molecule has 1 saturated heterocycles. The first kappa shape index (κ1) is 12.3. The van der Waals surface area contributed by atoms with Gasteiger partial charge in [0.2, 0.25) is 0 Å². The Morgan fingerprint density at radius 2 is 2.17 bits per heavy atom. The van der Waals surface area contributed by atoms with Gasteiger partial charge < -0.3 is 10.6 Å². The number of piperazine rings is 1. The second kappa shape index (κ2) is 5.47. The molecule has 6 heteroatoms. The molecule has 0 aliphatic carbocycles. The number of nitrogens with zero attached hydrogens (tertiary/aromatic N) is 4. The van der Waals surface area contributed by atoms with E-state index in [1.807, 2.05) is 4.90 Å². The van der Waals surface area contributed by atoms with Crippen LogP contribution in [0.2, 0.25) is 0 Å². The summed E-state index contributed by atoms with van der Waals surface area (Å²) in [6, 6.07) is 5.53. The highest BCUT2D eigenvalue weighted by atomic mass is 16.1. The maximum atomic E-state index is 11.3. The van der Waals surface area contributed by atoms with E-state index in [-0.39, 0.29) is 0 Å². The number of hydrogen-bond donors (Lipinski definition) is 1. The maximum absolute atomic E-state index is 11.3. The third-order valence-electron chi connectivity index (χ3n) is 3.02. The van der Waals surface area contributed by atoms with Crippen molar-refractivity contribution in [2.45, 2.75) is 0 Å². The Bertz CT molecular complexity index is 474. The summed E-state index contributed by atoms with van der Waals surface area (Å²) in [5, 5.41) is 8.64. The number of anilines is 1. The van der Waals surface area contributed by atoms with Crippen LogP contribution in [0.3, 0.4) is 0 Å². The van der Waals surface area contributed by atoms with Gasteiger partial charge in [0, 0.05) is 32.4 Å². The number of primary amides is 1. The largest absolute Gasteiger partial charge is 0.365 e. The fraction of sp³-hybridized carbons (Fsp3) is 0.417. The second-order valence-electron chi connectivity index (χ2n) is 4.16. The Morgan fingerprint density at radius 3 is 2.78 bits per heavy atom. The molecule has 0 unspecified atom stereocenters. The topological polar surface area (TPSA) is 86.2 Å². The summed E-state index contributed by atoms with van der Waals surface area (Å²) in [4.78, 5) is 19.7. The van der Waals surface area contributed by atoms with E-state index in [0.717, 1.165) is 26.2 Å². The molecule has 0 saturated carbocycles. The van der Waals surface area contributed by atoms with Gasteiger partial charge in [-0.25, -0.2) is 4.98 Å². The summed E-state index contributed by atoms with van der Waals surface area (Å²) in [7, 11) is 0. The van der Waals surface area contributed by atoms with Crippen molar-refractivity contribution < 1.29 is 4.79 Å². The maximum Gasteiger partial charge on any atom is 0.252 e.